The molecule has 11 rings (SSSR count). The minimum atomic E-state index is -1.27. The van der Waals surface area contributed by atoms with Gasteiger partial charge in [-0.25, -0.2) is 14.6 Å². The number of nitrogens with zero attached hydrogens (tertiary/aromatic N) is 4. The van der Waals surface area contributed by atoms with E-state index >= 15 is 0 Å². The Morgan fingerprint density at radius 3 is 1.87 bits per heavy atom. The van der Waals surface area contributed by atoms with Crippen molar-refractivity contribution in [2.45, 2.75) is 134 Å². The molecule has 0 amide bonds. The third-order valence-electron chi connectivity index (χ3n) is 14.4. The van der Waals surface area contributed by atoms with Crippen molar-refractivity contribution >= 4 is 29.3 Å². The molecule has 0 spiro atoms. The summed E-state index contributed by atoms with van der Waals surface area (Å²) in [5.41, 5.74) is 5.83. The molecule has 284 valence electrons. The molecule has 9 fully saturated rings. The Kier molecular flexibility index (Phi) is 8.81. The van der Waals surface area contributed by atoms with Crippen LogP contribution in [-0.2, 0) is 23.7 Å². The average Bonchev–Trinajstić information content (AvgIpc) is 3.64. The van der Waals surface area contributed by atoms with Crippen LogP contribution in [0.2, 0.25) is 0 Å². The van der Waals surface area contributed by atoms with E-state index in [0.717, 1.165) is 61.2 Å². The van der Waals surface area contributed by atoms with Crippen LogP contribution in [0.3, 0.4) is 0 Å². The van der Waals surface area contributed by atoms with Crippen molar-refractivity contribution in [3.8, 4) is 0 Å². The second kappa shape index (κ2) is 13.3. The number of nitrogen functional groups attached to an aromatic ring is 1. The van der Waals surface area contributed by atoms with Gasteiger partial charge in [0.1, 0.15) is 24.5 Å². The lowest BCUT2D eigenvalue weighted by Crippen LogP contribution is -2.46. The van der Waals surface area contributed by atoms with Crippen molar-refractivity contribution in [2.75, 3.05) is 25.6 Å². The summed E-state index contributed by atoms with van der Waals surface area (Å²) >= 11 is 0. The molecular weight excluding hydrogens is 669 g/mol. The normalized spacial score (nSPS) is 39.7. The largest absolute Gasteiger partial charge is 0.508 e. The van der Waals surface area contributed by atoms with Gasteiger partial charge in [-0.05, 0) is 156 Å². The van der Waals surface area contributed by atoms with Gasteiger partial charge in [0.05, 0.1) is 19.5 Å². The molecule has 12 nitrogen and oxygen atoms in total. The van der Waals surface area contributed by atoms with Crippen molar-refractivity contribution < 1.29 is 37.7 Å². The van der Waals surface area contributed by atoms with Crippen molar-refractivity contribution in [3.05, 3.63) is 12.4 Å². The highest BCUT2D eigenvalue weighted by molar-refractivity contribution is 5.81. The van der Waals surface area contributed by atoms with E-state index in [0.29, 0.717) is 17.4 Å². The fourth-order valence-electron chi connectivity index (χ4n) is 13.3. The van der Waals surface area contributed by atoms with Gasteiger partial charge in [0.15, 0.2) is 17.0 Å². The molecule has 8 aliphatic carbocycles. The molecule has 2 aromatic heterocycles. The lowest BCUT2D eigenvalue weighted by molar-refractivity contribution is -0.128. The molecular formula is C39H54FN5O7. The summed E-state index contributed by atoms with van der Waals surface area (Å²) in [7, 11) is 0. The molecule has 8 bridgehead atoms. The second-order valence-corrected chi connectivity index (χ2v) is 18.5. The van der Waals surface area contributed by atoms with Crippen LogP contribution in [-0.4, -0.2) is 63.4 Å². The lowest BCUT2D eigenvalue weighted by Gasteiger charge is -2.57. The highest BCUT2D eigenvalue weighted by Crippen LogP contribution is 2.62. The van der Waals surface area contributed by atoms with Crippen molar-refractivity contribution in [1.29, 1.82) is 0 Å². The zero-order valence-corrected chi connectivity index (χ0v) is 30.4. The van der Waals surface area contributed by atoms with Crippen LogP contribution >= 0.6 is 0 Å². The number of nitrogens with two attached hydrogens (primary N) is 1. The monoisotopic (exact) mass is 723 g/mol. The van der Waals surface area contributed by atoms with Crippen molar-refractivity contribution in [3.63, 3.8) is 0 Å². The Hall–Kier alpha value is -3.22. The van der Waals surface area contributed by atoms with Gasteiger partial charge in [-0.2, -0.15) is 14.4 Å². The van der Waals surface area contributed by atoms with Crippen LogP contribution in [0.5, 0.6) is 0 Å². The number of rotatable bonds is 12. The SMILES string of the molecule is C[C@]1(COC(=O)OCCCC23CC4CC(CC(C4)C2)C3)O[C@@H](n2cnc3c(N)nc(F)nc32)C[C@@H]1OC(=O)OCCCC12CC3CC(CC(C3)C1)C2. The summed E-state index contributed by atoms with van der Waals surface area (Å²) in [6.45, 7) is 2.05. The first kappa shape index (κ1) is 34.5. The maximum Gasteiger partial charge on any atom is 0.508 e. The van der Waals surface area contributed by atoms with E-state index in [1.165, 1.54) is 87.9 Å². The smallest absolute Gasteiger partial charge is 0.434 e. The van der Waals surface area contributed by atoms with E-state index in [9.17, 15) is 14.0 Å². The molecule has 1 aliphatic heterocycles. The van der Waals surface area contributed by atoms with Gasteiger partial charge in [0.2, 0.25) is 0 Å². The molecule has 3 atom stereocenters. The Morgan fingerprint density at radius 2 is 1.33 bits per heavy atom. The minimum Gasteiger partial charge on any atom is -0.434 e. The number of fused-ring (bicyclic) bond motifs is 1. The Bertz CT molecular complexity index is 1610. The van der Waals surface area contributed by atoms with Crippen molar-refractivity contribution in [2.24, 2.45) is 46.3 Å². The molecule has 3 heterocycles. The fraction of sp³-hybridized carbons (Fsp3) is 0.821. The number of anilines is 1. The van der Waals surface area contributed by atoms with Crippen LogP contribution < -0.4 is 5.73 Å². The first-order chi connectivity index (χ1) is 25.0. The summed E-state index contributed by atoms with van der Waals surface area (Å²) in [4.78, 5) is 37.7. The van der Waals surface area contributed by atoms with E-state index in [2.05, 4.69) is 15.0 Å². The van der Waals surface area contributed by atoms with Crippen LogP contribution in [0.15, 0.2) is 6.33 Å². The number of hydrogen-bond donors (Lipinski definition) is 1. The lowest BCUT2D eigenvalue weighted by atomic mass is 9.48. The Morgan fingerprint density at radius 1 is 0.808 bits per heavy atom. The predicted octanol–water partition coefficient (Wildman–Crippen LogP) is 7.89. The second-order valence-electron chi connectivity index (χ2n) is 18.5. The standard InChI is InChI=1S/C39H54FN5O7/c1-37(21-50-35(46)48-6-2-4-38-15-23-8-24(16-38)10-25(9-23)17-38)29(14-30(52-37)45-22-42-31-32(41)43-34(40)44-33(31)45)51-36(47)49-7-3-5-39-18-26-11-27(19-39)13-28(12-26)20-39/h22-30H,2-21H2,1H3,(H2,41,43,44)/t23?,24?,25?,26?,27?,28?,29-,30+,37+,38?,39?/m0/s1. The number of carbonyl (C=O) groups excluding carboxylic acids is 2. The average molecular weight is 724 g/mol. The fourth-order valence-corrected chi connectivity index (χ4v) is 13.3. The quantitative estimate of drug-likeness (QED) is 0.129. The summed E-state index contributed by atoms with van der Waals surface area (Å²) < 4.78 is 44.7. The molecule has 0 aromatic carbocycles. The van der Waals surface area contributed by atoms with E-state index < -0.39 is 36.3 Å². The number of aromatic nitrogens is 4. The van der Waals surface area contributed by atoms with Gasteiger partial charge in [0.25, 0.3) is 0 Å². The van der Waals surface area contributed by atoms with Gasteiger partial charge < -0.3 is 29.4 Å². The zero-order valence-electron chi connectivity index (χ0n) is 30.4. The molecule has 8 saturated carbocycles. The summed E-state index contributed by atoms with van der Waals surface area (Å²) in [5.74, 6) is 5.19. The molecule has 0 radical (unpaired) electrons. The first-order valence-electron chi connectivity index (χ1n) is 20.0. The zero-order chi connectivity index (χ0) is 35.7. The van der Waals surface area contributed by atoms with E-state index in [1.807, 2.05) is 0 Å². The number of halogens is 1. The molecule has 1 saturated heterocycles. The Labute approximate surface area is 304 Å². The third kappa shape index (κ3) is 6.72. The van der Waals surface area contributed by atoms with Crippen LogP contribution in [0.25, 0.3) is 11.2 Å². The van der Waals surface area contributed by atoms with E-state index in [-0.39, 0.29) is 36.6 Å². The summed E-state index contributed by atoms with van der Waals surface area (Å²) in [6.07, 6.45) is 17.5. The maximum atomic E-state index is 14.2. The van der Waals surface area contributed by atoms with E-state index in [1.54, 1.807) is 6.92 Å². The number of imidazole rings is 1. The predicted molar refractivity (Wildman–Crippen MR) is 186 cm³/mol. The number of hydrogen-bond acceptors (Lipinski definition) is 11. The van der Waals surface area contributed by atoms with Crippen LogP contribution in [0.4, 0.5) is 19.8 Å². The highest BCUT2D eigenvalue weighted by Gasteiger charge is 2.53. The molecule has 0 unspecified atom stereocenters. The highest BCUT2D eigenvalue weighted by atomic mass is 19.1. The van der Waals surface area contributed by atoms with Gasteiger partial charge in [0, 0.05) is 6.42 Å². The van der Waals surface area contributed by atoms with Crippen molar-refractivity contribution in [1.82, 2.24) is 19.5 Å². The first-order valence-corrected chi connectivity index (χ1v) is 20.0. The van der Waals surface area contributed by atoms with Crippen LogP contribution in [0.1, 0.15) is 122 Å². The maximum absolute atomic E-state index is 14.2. The molecule has 9 aliphatic rings. The minimum absolute atomic E-state index is 0.0961. The Balaban J connectivity index is 0.801. The number of ether oxygens (including phenoxy) is 5. The van der Waals surface area contributed by atoms with Crippen LogP contribution in [0, 0.1) is 52.4 Å². The molecule has 2 N–H and O–H groups in total. The number of carbonyl (C=O) groups is 2. The van der Waals surface area contributed by atoms with Gasteiger partial charge in [-0.15, -0.1) is 0 Å². The summed E-state index contributed by atoms with van der Waals surface area (Å²) in [6, 6.07) is 0. The van der Waals surface area contributed by atoms with Gasteiger partial charge in [-0.1, -0.05) is 0 Å². The summed E-state index contributed by atoms with van der Waals surface area (Å²) in [5, 5.41) is 0. The molecule has 13 heteroatoms. The molecule has 52 heavy (non-hydrogen) atoms. The topological polar surface area (TPSA) is 150 Å². The van der Waals surface area contributed by atoms with E-state index in [4.69, 9.17) is 29.4 Å². The van der Waals surface area contributed by atoms with Gasteiger partial charge >= 0.3 is 18.4 Å². The molecule has 2 aromatic rings. The van der Waals surface area contributed by atoms with Gasteiger partial charge in [-0.3, -0.25) is 4.57 Å². The third-order valence-corrected chi connectivity index (χ3v) is 14.4.